The first-order chi connectivity index (χ1) is 9.70. The lowest BCUT2D eigenvalue weighted by Crippen LogP contribution is -2.32. The van der Waals surface area contributed by atoms with Crippen LogP contribution in [0.25, 0.3) is 5.52 Å². The molecule has 3 N–H and O–H groups in total. The molecule has 0 saturated heterocycles. The number of nitrogens with one attached hydrogen (secondary N) is 1. The number of hydrogen-bond donors (Lipinski definition) is 2. The molecule has 6 nitrogen and oxygen atoms in total. The third-order valence-corrected chi connectivity index (χ3v) is 3.58. The maximum Gasteiger partial charge on any atom is 0.154 e. The van der Waals surface area contributed by atoms with Crippen LogP contribution >= 0.6 is 0 Å². The van der Waals surface area contributed by atoms with Crippen LogP contribution in [0.5, 0.6) is 0 Å². The van der Waals surface area contributed by atoms with Crippen LogP contribution in [0.2, 0.25) is 0 Å². The van der Waals surface area contributed by atoms with Crippen LogP contribution in [-0.4, -0.2) is 34.0 Å². The Morgan fingerprint density at radius 3 is 2.71 bits per heavy atom. The van der Waals surface area contributed by atoms with E-state index < -0.39 is 0 Å². The Labute approximate surface area is 125 Å². The second kappa shape index (κ2) is 5.35. The summed E-state index contributed by atoms with van der Waals surface area (Å²) in [5, 5.41) is 12.1. The molecule has 0 bridgehead atoms. The molecule has 114 valence electrons. The van der Waals surface area contributed by atoms with Gasteiger partial charge in [-0.2, -0.15) is 5.10 Å². The largest absolute Gasteiger partial charge is 0.387 e. The van der Waals surface area contributed by atoms with E-state index in [1.807, 2.05) is 29.6 Å². The van der Waals surface area contributed by atoms with Crippen LogP contribution in [0.4, 0.5) is 5.82 Å². The Morgan fingerprint density at radius 1 is 1.48 bits per heavy atom. The van der Waals surface area contributed by atoms with E-state index >= 15 is 0 Å². The van der Waals surface area contributed by atoms with Crippen molar-refractivity contribution in [2.24, 2.45) is 11.7 Å². The van der Waals surface area contributed by atoms with Crippen molar-refractivity contribution >= 4 is 17.2 Å². The molecule has 21 heavy (non-hydrogen) atoms. The lowest BCUT2D eigenvalue weighted by Gasteiger charge is -2.22. The Balaban J connectivity index is 2.40. The van der Waals surface area contributed by atoms with Crippen molar-refractivity contribution in [3.05, 3.63) is 24.2 Å². The molecule has 2 aromatic rings. The minimum Gasteiger partial charge on any atom is -0.387 e. The predicted octanol–water partition coefficient (Wildman–Crippen LogP) is 2.04. The van der Waals surface area contributed by atoms with Gasteiger partial charge < -0.3 is 10.6 Å². The van der Waals surface area contributed by atoms with Crippen molar-refractivity contribution in [1.29, 1.82) is 5.41 Å². The van der Waals surface area contributed by atoms with E-state index in [2.05, 4.69) is 36.9 Å². The van der Waals surface area contributed by atoms with E-state index in [0.717, 1.165) is 17.0 Å². The second-order valence-corrected chi connectivity index (χ2v) is 6.60. The minimum atomic E-state index is -0.0120. The summed E-state index contributed by atoms with van der Waals surface area (Å²) in [4.78, 5) is 6.49. The van der Waals surface area contributed by atoms with Crippen LogP contribution < -0.4 is 10.6 Å². The number of nitrogens with zero attached hydrogens (tertiary/aromatic N) is 4. The SMILES string of the molecule is CC(CN(C)c1nccn2nc(C(C)(C)C)cc12)C(=N)N. The number of hydrogen-bond acceptors (Lipinski definition) is 4. The van der Waals surface area contributed by atoms with Crippen molar-refractivity contribution in [3.8, 4) is 0 Å². The van der Waals surface area contributed by atoms with Gasteiger partial charge in [0.05, 0.1) is 11.5 Å². The van der Waals surface area contributed by atoms with Crippen molar-refractivity contribution in [3.63, 3.8) is 0 Å². The first-order valence-corrected chi connectivity index (χ1v) is 7.10. The van der Waals surface area contributed by atoms with Gasteiger partial charge in [-0.1, -0.05) is 27.7 Å². The summed E-state index contributed by atoms with van der Waals surface area (Å²) in [6.07, 6.45) is 3.60. The molecule has 1 unspecified atom stereocenters. The van der Waals surface area contributed by atoms with Gasteiger partial charge >= 0.3 is 0 Å². The number of rotatable bonds is 4. The van der Waals surface area contributed by atoms with Crippen molar-refractivity contribution in [2.75, 3.05) is 18.5 Å². The second-order valence-electron chi connectivity index (χ2n) is 6.60. The van der Waals surface area contributed by atoms with E-state index in [1.165, 1.54) is 0 Å². The zero-order chi connectivity index (χ0) is 15.8. The molecule has 0 fully saturated rings. The number of nitrogens with two attached hydrogens (primary N) is 1. The van der Waals surface area contributed by atoms with Gasteiger partial charge in [0.2, 0.25) is 0 Å². The average molecular weight is 288 g/mol. The lowest BCUT2D eigenvalue weighted by atomic mass is 9.92. The highest BCUT2D eigenvalue weighted by Gasteiger charge is 2.20. The smallest absolute Gasteiger partial charge is 0.154 e. The normalized spacial score (nSPS) is 13.4. The molecule has 0 aliphatic rings. The number of anilines is 1. The van der Waals surface area contributed by atoms with Gasteiger partial charge in [-0.05, 0) is 6.07 Å². The summed E-state index contributed by atoms with van der Waals surface area (Å²) in [6, 6.07) is 2.08. The molecule has 0 spiro atoms. The Hall–Kier alpha value is -2.11. The van der Waals surface area contributed by atoms with Gasteiger partial charge in [0.15, 0.2) is 5.82 Å². The Morgan fingerprint density at radius 2 is 2.14 bits per heavy atom. The van der Waals surface area contributed by atoms with E-state index in [-0.39, 0.29) is 17.2 Å². The lowest BCUT2D eigenvalue weighted by molar-refractivity contribution is 0.562. The summed E-state index contributed by atoms with van der Waals surface area (Å²) in [5.74, 6) is 1.04. The fourth-order valence-electron chi connectivity index (χ4n) is 2.16. The Bertz CT molecular complexity index is 652. The predicted molar refractivity (Wildman–Crippen MR) is 86.0 cm³/mol. The molecule has 2 heterocycles. The molecule has 1 atom stereocenters. The molecular formula is C15H24N6. The van der Waals surface area contributed by atoms with Crippen LogP contribution in [-0.2, 0) is 5.41 Å². The van der Waals surface area contributed by atoms with Gasteiger partial charge in [-0.3, -0.25) is 5.41 Å². The molecule has 6 heteroatoms. The van der Waals surface area contributed by atoms with Gasteiger partial charge in [0, 0.05) is 37.3 Å². The first-order valence-electron chi connectivity index (χ1n) is 7.10. The van der Waals surface area contributed by atoms with Gasteiger partial charge in [0.1, 0.15) is 5.52 Å². The number of aromatic nitrogens is 3. The highest BCUT2D eigenvalue weighted by Crippen LogP contribution is 2.26. The summed E-state index contributed by atoms with van der Waals surface area (Å²) < 4.78 is 1.86. The first kappa shape index (κ1) is 15.3. The summed E-state index contributed by atoms with van der Waals surface area (Å²) in [5.41, 5.74) is 7.55. The maximum atomic E-state index is 7.52. The quantitative estimate of drug-likeness (QED) is 0.666. The van der Waals surface area contributed by atoms with Crippen LogP contribution in [0, 0.1) is 11.3 Å². The molecule has 0 aliphatic carbocycles. The van der Waals surface area contributed by atoms with Crippen LogP contribution in [0.15, 0.2) is 18.5 Å². The van der Waals surface area contributed by atoms with Crippen LogP contribution in [0.1, 0.15) is 33.4 Å². The van der Waals surface area contributed by atoms with Gasteiger partial charge in [-0.15, -0.1) is 0 Å². The molecule has 0 radical (unpaired) electrons. The highest BCUT2D eigenvalue weighted by molar-refractivity contribution is 5.80. The maximum absolute atomic E-state index is 7.52. The van der Waals surface area contributed by atoms with E-state index in [1.54, 1.807) is 6.20 Å². The molecule has 0 amide bonds. The van der Waals surface area contributed by atoms with Crippen molar-refractivity contribution in [2.45, 2.75) is 33.1 Å². The zero-order valence-corrected chi connectivity index (χ0v) is 13.4. The van der Waals surface area contributed by atoms with E-state index in [0.29, 0.717) is 6.54 Å². The summed E-state index contributed by atoms with van der Waals surface area (Å²) in [6.45, 7) is 9.02. The summed E-state index contributed by atoms with van der Waals surface area (Å²) >= 11 is 0. The third-order valence-electron chi connectivity index (χ3n) is 3.58. The Kier molecular flexibility index (Phi) is 3.89. The van der Waals surface area contributed by atoms with Gasteiger partial charge in [0.25, 0.3) is 0 Å². The van der Waals surface area contributed by atoms with Crippen LogP contribution in [0.3, 0.4) is 0 Å². The van der Waals surface area contributed by atoms with Gasteiger partial charge in [-0.25, -0.2) is 9.50 Å². The monoisotopic (exact) mass is 288 g/mol. The zero-order valence-electron chi connectivity index (χ0n) is 13.4. The van der Waals surface area contributed by atoms with E-state index in [4.69, 9.17) is 11.1 Å². The van der Waals surface area contributed by atoms with Crippen molar-refractivity contribution in [1.82, 2.24) is 14.6 Å². The fourth-order valence-corrected chi connectivity index (χ4v) is 2.16. The average Bonchev–Trinajstić information content (AvgIpc) is 2.81. The molecular weight excluding hydrogens is 264 g/mol. The van der Waals surface area contributed by atoms with E-state index in [9.17, 15) is 0 Å². The number of amidine groups is 1. The molecule has 2 aromatic heterocycles. The molecule has 0 aromatic carbocycles. The standard InChI is InChI=1S/C15H24N6/c1-10(13(16)17)9-20(5)14-11-8-12(15(2,3)4)19-21(11)7-6-18-14/h6-8,10H,9H2,1-5H3,(H3,16,17). The molecule has 2 rings (SSSR count). The molecule has 0 aliphatic heterocycles. The summed E-state index contributed by atoms with van der Waals surface area (Å²) in [7, 11) is 1.96. The highest BCUT2D eigenvalue weighted by atomic mass is 15.3. The number of fused-ring (bicyclic) bond motifs is 1. The third kappa shape index (κ3) is 3.15. The fraction of sp³-hybridized carbons (Fsp3) is 0.533. The topological polar surface area (TPSA) is 83.3 Å². The minimum absolute atomic E-state index is 0.00542. The molecule has 0 saturated carbocycles. The van der Waals surface area contributed by atoms with Crippen molar-refractivity contribution < 1.29 is 0 Å².